The van der Waals surface area contributed by atoms with Crippen molar-refractivity contribution >= 4 is 5.97 Å². The van der Waals surface area contributed by atoms with E-state index in [1.165, 1.54) is 18.1 Å². The van der Waals surface area contributed by atoms with Crippen LogP contribution < -0.4 is 4.74 Å². The van der Waals surface area contributed by atoms with E-state index >= 15 is 0 Å². The molecular weight excluding hydrogens is 608 g/mol. The minimum absolute atomic E-state index is 0.325. The molecule has 1 aromatic carbocycles. The van der Waals surface area contributed by atoms with Crippen molar-refractivity contribution in [3.8, 4) is 5.75 Å². The molecule has 2 saturated heterocycles. The highest BCUT2D eigenvalue weighted by molar-refractivity contribution is 5.66. The van der Waals surface area contributed by atoms with Gasteiger partial charge in [-0.3, -0.25) is 4.79 Å². The van der Waals surface area contributed by atoms with Gasteiger partial charge in [-0.2, -0.15) is 0 Å². The number of hydrogen-bond donors (Lipinski definition) is 2. The second-order valence-corrected chi connectivity index (χ2v) is 15.6. The van der Waals surface area contributed by atoms with Crippen LogP contribution in [0.2, 0.25) is 0 Å². The van der Waals surface area contributed by atoms with Gasteiger partial charge < -0.3 is 33.9 Å². The Hall–Kier alpha value is -2.23. The molecule has 2 fully saturated rings. The maximum atomic E-state index is 12.4. The van der Waals surface area contributed by atoms with Gasteiger partial charge in [-0.1, -0.05) is 35.4 Å². The highest BCUT2D eigenvalue weighted by Crippen LogP contribution is 2.44. The normalized spacial score (nSPS) is 27.8. The summed E-state index contributed by atoms with van der Waals surface area (Å²) in [6, 6.07) is 7.81. The summed E-state index contributed by atoms with van der Waals surface area (Å²) in [7, 11) is 1.65. The van der Waals surface area contributed by atoms with E-state index in [-0.39, 0.29) is 24.3 Å². The third-order valence-electron chi connectivity index (χ3n) is 10.4. The Morgan fingerprint density at radius 3 is 1.75 bits per heavy atom. The van der Waals surface area contributed by atoms with Gasteiger partial charge in [0.15, 0.2) is 0 Å². The zero-order chi connectivity index (χ0) is 35.8. The van der Waals surface area contributed by atoms with Crippen LogP contribution in [0.25, 0.3) is 0 Å². The first-order valence-corrected chi connectivity index (χ1v) is 17.9. The molecule has 2 N–H and O–H groups in total. The minimum atomic E-state index is -1.00. The second kappa shape index (κ2) is 17.1. The molecule has 1 aromatic rings. The van der Waals surface area contributed by atoms with E-state index in [9.17, 15) is 15.0 Å². The summed E-state index contributed by atoms with van der Waals surface area (Å²) in [5, 5.41) is 22.8. The van der Waals surface area contributed by atoms with Crippen molar-refractivity contribution in [1.29, 1.82) is 0 Å². The number of methoxy groups -OCH3 is 1. The molecule has 0 aromatic heterocycles. The van der Waals surface area contributed by atoms with Crippen LogP contribution in [-0.4, -0.2) is 70.1 Å². The summed E-state index contributed by atoms with van der Waals surface area (Å²) < 4.78 is 31.3. The van der Waals surface area contributed by atoms with Crippen molar-refractivity contribution < 1.29 is 38.7 Å². The van der Waals surface area contributed by atoms with E-state index < -0.39 is 28.5 Å². The highest BCUT2D eigenvalue weighted by atomic mass is 16.6. The Morgan fingerprint density at radius 2 is 1.31 bits per heavy atom. The van der Waals surface area contributed by atoms with Crippen LogP contribution >= 0.6 is 0 Å². The van der Waals surface area contributed by atoms with Gasteiger partial charge in [0, 0.05) is 6.92 Å². The SMILES string of the molecule is COc1ccc(CO[C@H](CC[C@@H](OC(C)=O)[C@@]2(C)CC[C@H]([C@@](C)(O)CCC=C(C)C)O2)[C@]2(C)CC[C@H]([C@@](C)(O)CCC=C(C)C)O2)cc1. The van der Waals surface area contributed by atoms with E-state index in [0.717, 1.165) is 37.0 Å². The third-order valence-corrected chi connectivity index (χ3v) is 10.4. The van der Waals surface area contributed by atoms with Gasteiger partial charge in [-0.05, 0) is 137 Å². The zero-order valence-corrected chi connectivity index (χ0v) is 31.4. The molecule has 0 unspecified atom stereocenters. The third kappa shape index (κ3) is 11.4. The average molecular weight is 673 g/mol. The predicted molar refractivity (Wildman–Crippen MR) is 190 cm³/mol. The van der Waals surface area contributed by atoms with E-state index in [4.69, 9.17) is 23.7 Å². The lowest BCUT2D eigenvalue weighted by atomic mass is 9.85. The number of hydrogen-bond acceptors (Lipinski definition) is 8. The van der Waals surface area contributed by atoms with Crippen molar-refractivity contribution in [2.75, 3.05) is 7.11 Å². The van der Waals surface area contributed by atoms with Gasteiger partial charge >= 0.3 is 5.97 Å². The number of carbonyl (C=O) groups is 1. The Morgan fingerprint density at radius 1 is 0.854 bits per heavy atom. The Bertz CT molecular complexity index is 1230. The van der Waals surface area contributed by atoms with Crippen LogP contribution in [-0.2, 0) is 30.3 Å². The first-order valence-electron chi connectivity index (χ1n) is 17.9. The highest BCUT2D eigenvalue weighted by Gasteiger charge is 2.52. The molecule has 2 aliphatic rings. The lowest BCUT2D eigenvalue weighted by Crippen LogP contribution is -2.48. The number of ether oxygens (including phenoxy) is 5. The zero-order valence-electron chi connectivity index (χ0n) is 31.4. The van der Waals surface area contributed by atoms with Crippen molar-refractivity contribution in [3.63, 3.8) is 0 Å². The fourth-order valence-corrected chi connectivity index (χ4v) is 7.17. The maximum absolute atomic E-state index is 12.4. The fraction of sp³-hybridized carbons (Fsp3) is 0.725. The summed E-state index contributed by atoms with van der Waals surface area (Å²) in [6.45, 7) is 17.8. The standard InChI is InChI=1S/C40H64O8/c1-28(2)13-11-23-37(6,42)33-21-25-39(8,47-33)35(45-27-31-15-17-32(44-10)18-16-31)19-20-36(46-30(5)41)40(9)26-22-34(48-40)38(7,43)24-12-14-29(3)4/h13-18,33-36,42-43H,11-12,19-27H2,1-10H3/t33-,34-,35-,36-,37+,38+,39+,40-/m1/s1. The van der Waals surface area contributed by atoms with Gasteiger partial charge in [-0.15, -0.1) is 0 Å². The molecule has 3 rings (SSSR count). The van der Waals surface area contributed by atoms with Gasteiger partial charge in [0.2, 0.25) is 0 Å². The van der Waals surface area contributed by atoms with E-state index in [1.807, 2.05) is 45.0 Å². The summed E-state index contributed by atoms with van der Waals surface area (Å²) in [4.78, 5) is 12.4. The van der Waals surface area contributed by atoms with Crippen LogP contribution in [0.15, 0.2) is 47.6 Å². The number of benzene rings is 1. The van der Waals surface area contributed by atoms with Crippen molar-refractivity contribution in [3.05, 3.63) is 53.1 Å². The number of esters is 1. The molecule has 8 atom stereocenters. The van der Waals surface area contributed by atoms with E-state index in [1.54, 1.807) is 7.11 Å². The molecule has 0 amide bonds. The summed E-state index contributed by atoms with van der Waals surface area (Å²) in [5.74, 6) is 0.415. The first-order chi connectivity index (χ1) is 22.4. The molecule has 0 bridgehead atoms. The van der Waals surface area contributed by atoms with Crippen molar-refractivity contribution in [2.45, 2.75) is 180 Å². The van der Waals surface area contributed by atoms with Crippen molar-refractivity contribution in [1.82, 2.24) is 0 Å². The fourth-order valence-electron chi connectivity index (χ4n) is 7.17. The lowest BCUT2D eigenvalue weighted by Gasteiger charge is -2.39. The molecular formula is C40H64O8. The predicted octanol–water partition coefficient (Wildman–Crippen LogP) is 8.16. The Labute approximate surface area is 290 Å². The maximum Gasteiger partial charge on any atom is 0.303 e. The van der Waals surface area contributed by atoms with E-state index in [0.29, 0.717) is 45.1 Å². The lowest BCUT2D eigenvalue weighted by molar-refractivity contribution is -0.192. The summed E-state index contributed by atoms with van der Waals surface area (Å²) in [5.41, 5.74) is 0.0633. The van der Waals surface area contributed by atoms with Crippen molar-refractivity contribution in [2.24, 2.45) is 0 Å². The van der Waals surface area contributed by atoms with Crippen LogP contribution in [0.1, 0.15) is 132 Å². The molecule has 0 saturated carbocycles. The minimum Gasteiger partial charge on any atom is -0.497 e. The van der Waals surface area contributed by atoms with E-state index in [2.05, 4.69) is 46.8 Å². The smallest absolute Gasteiger partial charge is 0.303 e. The number of allylic oxidation sites excluding steroid dienone is 4. The summed E-state index contributed by atoms with van der Waals surface area (Å²) in [6.07, 6.45) is 9.32. The molecule has 8 nitrogen and oxygen atoms in total. The number of carbonyl (C=O) groups excluding carboxylic acids is 1. The average Bonchev–Trinajstić information content (AvgIpc) is 3.61. The Balaban J connectivity index is 1.79. The molecule has 2 heterocycles. The van der Waals surface area contributed by atoms with Gasteiger partial charge in [0.1, 0.15) is 17.5 Å². The largest absolute Gasteiger partial charge is 0.497 e. The molecule has 0 spiro atoms. The Kier molecular flexibility index (Phi) is 14.3. The summed E-state index contributed by atoms with van der Waals surface area (Å²) >= 11 is 0. The first kappa shape index (κ1) is 40.2. The molecule has 0 radical (unpaired) electrons. The number of rotatable bonds is 18. The topological polar surface area (TPSA) is 104 Å². The molecule has 272 valence electrons. The molecule has 2 aliphatic heterocycles. The van der Waals surface area contributed by atoms with Crippen LogP contribution in [0.4, 0.5) is 0 Å². The second-order valence-electron chi connectivity index (χ2n) is 15.6. The van der Waals surface area contributed by atoms with Gasteiger partial charge in [0.05, 0.1) is 48.8 Å². The quantitative estimate of drug-likeness (QED) is 0.119. The molecule has 8 heteroatoms. The molecule has 48 heavy (non-hydrogen) atoms. The van der Waals surface area contributed by atoms with Gasteiger partial charge in [0.25, 0.3) is 0 Å². The molecule has 0 aliphatic carbocycles. The van der Waals surface area contributed by atoms with Crippen LogP contribution in [0.3, 0.4) is 0 Å². The van der Waals surface area contributed by atoms with Crippen LogP contribution in [0, 0.1) is 0 Å². The van der Waals surface area contributed by atoms with Gasteiger partial charge in [-0.25, -0.2) is 0 Å². The van der Waals surface area contributed by atoms with Crippen LogP contribution in [0.5, 0.6) is 5.75 Å². The number of aliphatic hydroxyl groups is 2. The monoisotopic (exact) mass is 672 g/mol.